The van der Waals surface area contributed by atoms with E-state index in [1.807, 2.05) is 0 Å². The van der Waals surface area contributed by atoms with Gasteiger partial charge in [0, 0.05) is 0 Å². The van der Waals surface area contributed by atoms with Crippen molar-refractivity contribution in [2.45, 2.75) is 31.8 Å². The number of hydrogen-bond donors (Lipinski definition) is 0. The normalized spacial score (nSPS) is 22.9. The van der Waals surface area contributed by atoms with Gasteiger partial charge in [0.05, 0.1) is 12.2 Å². The third-order valence-electron chi connectivity index (χ3n) is 3.88. The third-order valence-corrected chi connectivity index (χ3v) is 3.88. The Kier molecular flexibility index (Phi) is 2.64. The number of aryl methyl sites for hydroxylation is 1. The monoisotopic (exact) mass is 226 g/mol. The van der Waals surface area contributed by atoms with Gasteiger partial charge in [-0.05, 0) is 35.6 Å². The topological polar surface area (TPSA) is 12.5 Å². The molecule has 0 radical (unpaired) electrons. The van der Waals surface area contributed by atoms with Crippen LogP contribution in [0.2, 0.25) is 0 Å². The molecule has 0 aliphatic carbocycles. The van der Waals surface area contributed by atoms with E-state index in [4.69, 9.17) is 4.74 Å². The van der Waals surface area contributed by atoms with Crippen LogP contribution in [-0.4, -0.2) is 12.2 Å². The van der Waals surface area contributed by atoms with Crippen molar-refractivity contribution < 1.29 is 4.74 Å². The molecule has 0 bridgehead atoms. The van der Waals surface area contributed by atoms with Crippen LogP contribution in [0.4, 0.5) is 0 Å². The van der Waals surface area contributed by atoms with Gasteiger partial charge in [-0.2, -0.15) is 0 Å². The lowest BCUT2D eigenvalue weighted by atomic mass is 9.96. The molecule has 1 fully saturated rings. The van der Waals surface area contributed by atoms with Crippen molar-refractivity contribution in [3.05, 3.63) is 48.0 Å². The quantitative estimate of drug-likeness (QED) is 0.719. The predicted molar refractivity (Wildman–Crippen MR) is 71.2 cm³/mol. The molecule has 88 valence electrons. The average molecular weight is 226 g/mol. The average Bonchev–Trinajstić information content (AvgIpc) is 3.17. The van der Waals surface area contributed by atoms with Crippen molar-refractivity contribution in [2.75, 3.05) is 6.61 Å². The Balaban J connectivity index is 1.77. The zero-order valence-corrected chi connectivity index (χ0v) is 10.3. The number of epoxide rings is 1. The molecule has 1 aliphatic rings. The minimum atomic E-state index is 0.214. The van der Waals surface area contributed by atoms with E-state index in [1.54, 1.807) is 0 Å². The summed E-state index contributed by atoms with van der Waals surface area (Å²) >= 11 is 0. The highest BCUT2D eigenvalue weighted by Crippen LogP contribution is 2.35. The molecule has 2 aromatic rings. The zero-order valence-electron chi connectivity index (χ0n) is 10.3. The summed E-state index contributed by atoms with van der Waals surface area (Å²) in [7, 11) is 0. The molecule has 0 amide bonds. The fraction of sp³-hybridized carbons (Fsp3) is 0.375. The molecule has 0 spiro atoms. The van der Waals surface area contributed by atoms with E-state index in [0.717, 1.165) is 25.9 Å². The van der Waals surface area contributed by atoms with Gasteiger partial charge in [0.25, 0.3) is 0 Å². The number of rotatable bonds is 4. The molecule has 2 aromatic carbocycles. The first-order valence-electron chi connectivity index (χ1n) is 6.43. The Morgan fingerprint density at radius 1 is 1.12 bits per heavy atom. The van der Waals surface area contributed by atoms with Crippen molar-refractivity contribution in [3.8, 4) is 0 Å². The Hall–Kier alpha value is -1.34. The summed E-state index contributed by atoms with van der Waals surface area (Å²) in [6, 6.07) is 15.3. The molecular formula is C16H18O. The van der Waals surface area contributed by atoms with Crippen molar-refractivity contribution in [1.29, 1.82) is 0 Å². The van der Waals surface area contributed by atoms with Crippen molar-refractivity contribution in [3.63, 3.8) is 0 Å². The van der Waals surface area contributed by atoms with Gasteiger partial charge >= 0.3 is 0 Å². The molecule has 1 aliphatic heterocycles. The van der Waals surface area contributed by atoms with Crippen LogP contribution >= 0.6 is 0 Å². The molecule has 1 heteroatoms. The smallest absolute Gasteiger partial charge is 0.0917 e. The summed E-state index contributed by atoms with van der Waals surface area (Å²) in [5.74, 6) is 0. The molecule has 0 saturated carbocycles. The molecule has 3 rings (SSSR count). The van der Waals surface area contributed by atoms with Gasteiger partial charge in [0.15, 0.2) is 0 Å². The maximum absolute atomic E-state index is 5.55. The van der Waals surface area contributed by atoms with Gasteiger partial charge in [-0.3, -0.25) is 0 Å². The van der Waals surface area contributed by atoms with Crippen LogP contribution in [0.3, 0.4) is 0 Å². The van der Waals surface area contributed by atoms with E-state index in [2.05, 4.69) is 49.4 Å². The third kappa shape index (κ3) is 2.20. The van der Waals surface area contributed by atoms with Crippen molar-refractivity contribution >= 4 is 10.8 Å². The maximum Gasteiger partial charge on any atom is 0.0917 e. The highest BCUT2D eigenvalue weighted by molar-refractivity contribution is 5.82. The molecule has 1 heterocycles. The largest absolute Gasteiger partial charge is 0.370 e. The second-order valence-electron chi connectivity index (χ2n) is 5.01. The van der Waals surface area contributed by atoms with Crippen LogP contribution < -0.4 is 0 Å². The molecular weight excluding hydrogens is 208 g/mol. The van der Waals surface area contributed by atoms with Crippen molar-refractivity contribution in [1.82, 2.24) is 0 Å². The summed E-state index contributed by atoms with van der Waals surface area (Å²) in [4.78, 5) is 0. The van der Waals surface area contributed by atoms with E-state index in [9.17, 15) is 0 Å². The standard InChI is InChI=1S/C16H18O/c1-2-16(12-17-16)10-9-13-7-8-14-5-3-4-6-15(14)11-13/h3-8,11H,2,9-10,12H2,1H3. The molecule has 0 aromatic heterocycles. The molecule has 0 N–H and O–H groups in total. The summed E-state index contributed by atoms with van der Waals surface area (Å²) in [5, 5.41) is 2.66. The second kappa shape index (κ2) is 4.15. The highest BCUT2D eigenvalue weighted by Gasteiger charge is 2.41. The first-order chi connectivity index (χ1) is 8.31. The van der Waals surface area contributed by atoms with Gasteiger partial charge in [0.1, 0.15) is 0 Å². The lowest BCUT2D eigenvalue weighted by Gasteiger charge is -2.09. The number of fused-ring (bicyclic) bond motifs is 1. The highest BCUT2D eigenvalue weighted by atomic mass is 16.6. The maximum atomic E-state index is 5.55. The predicted octanol–water partition coefficient (Wildman–Crippen LogP) is 3.95. The van der Waals surface area contributed by atoms with E-state index in [0.29, 0.717) is 0 Å². The van der Waals surface area contributed by atoms with Gasteiger partial charge in [-0.25, -0.2) is 0 Å². The number of hydrogen-bond acceptors (Lipinski definition) is 1. The Morgan fingerprint density at radius 3 is 2.59 bits per heavy atom. The molecule has 1 atom stereocenters. The molecule has 1 saturated heterocycles. The van der Waals surface area contributed by atoms with Crippen LogP contribution in [-0.2, 0) is 11.2 Å². The van der Waals surface area contributed by atoms with Crippen LogP contribution in [0.5, 0.6) is 0 Å². The lowest BCUT2D eigenvalue weighted by Crippen LogP contribution is -2.10. The summed E-state index contributed by atoms with van der Waals surface area (Å²) in [5.41, 5.74) is 1.64. The summed E-state index contributed by atoms with van der Waals surface area (Å²) in [6.45, 7) is 3.17. The van der Waals surface area contributed by atoms with E-state index in [1.165, 1.54) is 16.3 Å². The van der Waals surface area contributed by atoms with Crippen LogP contribution in [0.25, 0.3) is 10.8 Å². The van der Waals surface area contributed by atoms with E-state index in [-0.39, 0.29) is 5.60 Å². The van der Waals surface area contributed by atoms with Crippen molar-refractivity contribution in [2.24, 2.45) is 0 Å². The van der Waals surface area contributed by atoms with Gasteiger partial charge in [-0.15, -0.1) is 0 Å². The Bertz CT molecular complexity index is 526. The fourth-order valence-corrected chi connectivity index (χ4v) is 2.39. The lowest BCUT2D eigenvalue weighted by molar-refractivity contribution is 0.281. The number of ether oxygens (including phenoxy) is 1. The second-order valence-corrected chi connectivity index (χ2v) is 5.01. The molecule has 1 nitrogen and oxygen atoms in total. The first-order valence-corrected chi connectivity index (χ1v) is 6.43. The minimum Gasteiger partial charge on any atom is -0.370 e. The zero-order chi connectivity index (χ0) is 11.7. The molecule has 1 unspecified atom stereocenters. The summed E-state index contributed by atoms with van der Waals surface area (Å²) < 4.78 is 5.55. The summed E-state index contributed by atoms with van der Waals surface area (Å²) in [6.07, 6.45) is 3.42. The SMILES string of the molecule is CCC1(CCc2ccc3ccccc3c2)CO1. The van der Waals surface area contributed by atoms with Gasteiger partial charge in [0.2, 0.25) is 0 Å². The minimum absolute atomic E-state index is 0.214. The number of benzene rings is 2. The van der Waals surface area contributed by atoms with Crippen LogP contribution in [0, 0.1) is 0 Å². The fourth-order valence-electron chi connectivity index (χ4n) is 2.39. The van der Waals surface area contributed by atoms with Gasteiger partial charge < -0.3 is 4.74 Å². The Morgan fingerprint density at radius 2 is 1.88 bits per heavy atom. The van der Waals surface area contributed by atoms with E-state index >= 15 is 0 Å². The van der Waals surface area contributed by atoms with E-state index < -0.39 is 0 Å². The van der Waals surface area contributed by atoms with Crippen LogP contribution in [0.1, 0.15) is 25.3 Å². The first kappa shape index (κ1) is 10.8. The Labute approximate surface area is 102 Å². The van der Waals surface area contributed by atoms with Crippen LogP contribution in [0.15, 0.2) is 42.5 Å². The van der Waals surface area contributed by atoms with Gasteiger partial charge in [-0.1, -0.05) is 49.4 Å². The molecule has 17 heavy (non-hydrogen) atoms.